The molecule has 0 aliphatic heterocycles. The zero-order valence-corrected chi connectivity index (χ0v) is 17.7. The van der Waals surface area contributed by atoms with Crippen LogP contribution in [0.25, 0.3) is 0 Å². The molecule has 4 nitrogen and oxygen atoms in total. The van der Waals surface area contributed by atoms with E-state index >= 15 is 0 Å². The minimum atomic E-state index is -7.43. The zero-order chi connectivity index (χ0) is 26.3. The third-order valence-corrected chi connectivity index (χ3v) is 7.34. The highest BCUT2D eigenvalue weighted by Crippen LogP contribution is 2.69. The van der Waals surface area contributed by atoms with E-state index < -0.39 is 57.7 Å². The van der Waals surface area contributed by atoms with Crippen LogP contribution in [0.15, 0.2) is 0 Å². The molecule has 3 N–H and O–H groups in total. The van der Waals surface area contributed by atoms with Gasteiger partial charge in [0.15, 0.2) is 0 Å². The van der Waals surface area contributed by atoms with E-state index in [9.17, 15) is 57.9 Å². The molecule has 1 aromatic heterocycles. The fourth-order valence-electron chi connectivity index (χ4n) is 4.05. The third kappa shape index (κ3) is 2.89. The Kier molecular flexibility index (Phi) is 5.79. The van der Waals surface area contributed by atoms with Gasteiger partial charge in [0.1, 0.15) is 5.00 Å². The predicted molar refractivity (Wildman–Crippen MR) is 95.8 cm³/mol. The number of halogens is 11. The molecule has 1 heterocycles. The highest BCUT2D eigenvalue weighted by atomic mass is 32.1. The van der Waals surface area contributed by atoms with E-state index in [2.05, 4.69) is 0 Å². The first-order valence-corrected chi connectivity index (χ1v) is 10.4. The summed E-state index contributed by atoms with van der Waals surface area (Å²) in [6, 6.07) is 0. The molecule has 2 amide bonds. The van der Waals surface area contributed by atoms with Crippen molar-refractivity contribution >= 4 is 28.2 Å². The Morgan fingerprint density at radius 1 is 0.912 bits per heavy atom. The summed E-state index contributed by atoms with van der Waals surface area (Å²) in [5.41, 5.74) is -2.19. The molecular weight excluding hydrogens is 517 g/mol. The Bertz CT molecular complexity index is 1010. The first-order chi connectivity index (χ1) is 15.2. The van der Waals surface area contributed by atoms with Crippen LogP contribution in [0.2, 0.25) is 0 Å². The number of carbonyl (C=O) groups is 2. The Morgan fingerprint density at radius 3 is 1.82 bits per heavy atom. The van der Waals surface area contributed by atoms with Crippen LogP contribution in [0.1, 0.15) is 40.6 Å². The lowest BCUT2D eigenvalue weighted by atomic mass is 9.71. The van der Waals surface area contributed by atoms with Gasteiger partial charge in [0, 0.05) is 4.88 Å². The first kappa shape index (κ1) is 26.5. The van der Waals surface area contributed by atoms with E-state index in [0.29, 0.717) is 29.1 Å². The summed E-state index contributed by atoms with van der Waals surface area (Å²) in [6.07, 6.45) is 1.48. The fraction of sp³-hybridized carbons (Fsp3) is 0.667. The van der Waals surface area contributed by atoms with Gasteiger partial charge in [-0.25, -0.2) is 4.39 Å². The van der Waals surface area contributed by atoms with Gasteiger partial charge in [-0.15, -0.1) is 11.3 Å². The average Bonchev–Trinajstić information content (AvgIpc) is 3.08. The maximum Gasteiger partial charge on any atom is 0.384 e. The normalized spacial score (nSPS) is 27.5. The van der Waals surface area contributed by atoms with E-state index in [4.69, 9.17) is 5.73 Å². The predicted octanol–water partition coefficient (Wildman–Crippen LogP) is 5.20. The van der Waals surface area contributed by atoms with Gasteiger partial charge in [-0.05, 0) is 30.7 Å². The molecule has 16 heteroatoms. The fourth-order valence-corrected chi connectivity index (χ4v) is 5.41. The topological polar surface area (TPSA) is 72.2 Å². The van der Waals surface area contributed by atoms with Crippen LogP contribution in [0.4, 0.5) is 53.3 Å². The Balaban J connectivity index is 2.15. The van der Waals surface area contributed by atoms with Crippen molar-refractivity contribution in [3.8, 4) is 0 Å². The van der Waals surface area contributed by atoms with Gasteiger partial charge in [0.05, 0.1) is 5.56 Å². The third-order valence-electron chi connectivity index (χ3n) is 6.17. The maximum atomic E-state index is 15.0. The van der Waals surface area contributed by atoms with Crippen LogP contribution in [0.5, 0.6) is 0 Å². The minimum Gasteiger partial charge on any atom is -0.365 e. The number of hydrogen-bond donors (Lipinski definition) is 2. The second-order valence-corrected chi connectivity index (χ2v) is 9.18. The molecule has 0 aromatic carbocycles. The van der Waals surface area contributed by atoms with Crippen molar-refractivity contribution in [2.24, 2.45) is 11.7 Å². The molecule has 1 saturated carbocycles. The van der Waals surface area contributed by atoms with Crippen molar-refractivity contribution in [2.45, 2.75) is 67.9 Å². The van der Waals surface area contributed by atoms with E-state index in [1.54, 1.807) is 6.92 Å². The number of primary amides is 1. The van der Waals surface area contributed by atoms with Crippen LogP contribution >= 0.6 is 11.3 Å². The number of amides is 2. The van der Waals surface area contributed by atoms with Crippen molar-refractivity contribution in [1.29, 1.82) is 0 Å². The van der Waals surface area contributed by atoms with Gasteiger partial charge in [-0.1, -0.05) is 13.3 Å². The number of fused-ring (bicyclic) bond motifs is 1. The summed E-state index contributed by atoms with van der Waals surface area (Å²) >= 11 is 0.388. The van der Waals surface area contributed by atoms with E-state index in [-0.39, 0.29) is 24.3 Å². The largest absolute Gasteiger partial charge is 0.384 e. The minimum absolute atomic E-state index is 0.0366. The van der Waals surface area contributed by atoms with E-state index in [0.717, 1.165) is 5.32 Å². The summed E-state index contributed by atoms with van der Waals surface area (Å²) in [5, 5.41) is 0.100. The summed E-state index contributed by atoms with van der Waals surface area (Å²) in [4.78, 5) is 24.4. The average molecular weight is 532 g/mol. The lowest BCUT2D eigenvalue weighted by Gasteiger charge is -2.51. The molecule has 2 aliphatic carbocycles. The number of anilines is 1. The highest BCUT2D eigenvalue weighted by molar-refractivity contribution is 7.17. The van der Waals surface area contributed by atoms with E-state index in [1.165, 1.54) is 0 Å². The number of nitrogens with two attached hydrogens (primary N) is 1. The van der Waals surface area contributed by atoms with E-state index in [1.807, 2.05) is 0 Å². The highest BCUT2D eigenvalue weighted by Gasteiger charge is 3.02. The molecule has 1 unspecified atom stereocenters. The Labute approximate surface area is 187 Å². The van der Waals surface area contributed by atoms with Crippen molar-refractivity contribution in [3.63, 3.8) is 0 Å². The van der Waals surface area contributed by atoms with Gasteiger partial charge in [-0.3, -0.25) is 9.59 Å². The summed E-state index contributed by atoms with van der Waals surface area (Å²) in [6.45, 7) is 1.80. The van der Waals surface area contributed by atoms with Gasteiger partial charge in [0.2, 0.25) is 0 Å². The van der Waals surface area contributed by atoms with Crippen molar-refractivity contribution < 1.29 is 57.9 Å². The molecule has 0 saturated heterocycles. The zero-order valence-electron chi connectivity index (χ0n) is 16.9. The lowest BCUT2D eigenvalue weighted by Crippen LogP contribution is -2.86. The van der Waals surface area contributed by atoms with Gasteiger partial charge in [-0.2, -0.15) is 43.9 Å². The summed E-state index contributed by atoms with van der Waals surface area (Å²) in [7, 11) is 0. The molecular formula is C18H15F11N2O2S. The summed E-state index contributed by atoms with van der Waals surface area (Å²) in [5.74, 6) is -41.6. The molecule has 0 spiro atoms. The monoisotopic (exact) mass is 532 g/mol. The second-order valence-electron chi connectivity index (χ2n) is 8.07. The molecule has 0 bridgehead atoms. The molecule has 1 atom stereocenters. The van der Waals surface area contributed by atoms with Crippen LogP contribution in [0.3, 0.4) is 0 Å². The second kappa shape index (κ2) is 7.43. The molecule has 1 fully saturated rings. The Hall–Kier alpha value is -2.13. The van der Waals surface area contributed by atoms with Gasteiger partial charge >= 0.3 is 35.3 Å². The van der Waals surface area contributed by atoms with Gasteiger partial charge < -0.3 is 11.1 Å². The molecule has 34 heavy (non-hydrogen) atoms. The number of hydrogen-bond acceptors (Lipinski definition) is 3. The van der Waals surface area contributed by atoms with Crippen LogP contribution in [-0.4, -0.2) is 47.1 Å². The number of thiophene rings is 1. The molecule has 192 valence electrons. The van der Waals surface area contributed by atoms with Gasteiger partial charge in [0.25, 0.3) is 11.8 Å². The summed E-state index contributed by atoms with van der Waals surface area (Å²) < 4.78 is 153. The van der Waals surface area contributed by atoms with Crippen molar-refractivity contribution in [2.75, 3.05) is 5.32 Å². The Morgan fingerprint density at radius 2 is 1.38 bits per heavy atom. The molecule has 0 radical (unpaired) electrons. The SMILES string of the molecule is CCC1CCc2c(sc(NC(=O)C3(F)C(F)(F)C(F)(F)C(F)(F)C(F)(F)C3(F)F)c2C(N)=O)C1. The standard InChI is InChI=1S/C18H15F11N2O2S/c1-2-6-3-4-7-8(5-6)34-11(9(7)10(30)32)31-12(33)13(19)14(20,21)16(24,25)18(28,29)17(26,27)15(13,22)23/h6H,2-5H2,1H3,(H2,30,32)(H,31,33). The maximum absolute atomic E-state index is 15.0. The molecule has 2 aliphatic rings. The van der Waals surface area contributed by atoms with Crippen LogP contribution in [0, 0.1) is 5.92 Å². The van der Waals surface area contributed by atoms with Crippen LogP contribution in [-0.2, 0) is 17.6 Å². The quantitative estimate of drug-likeness (QED) is 0.524. The molecule has 1 aromatic rings. The molecule has 3 rings (SSSR count). The number of alkyl halides is 11. The smallest absolute Gasteiger partial charge is 0.365 e. The van der Waals surface area contributed by atoms with Crippen molar-refractivity contribution in [3.05, 3.63) is 16.0 Å². The number of carbonyl (C=O) groups excluding carboxylic acids is 2. The van der Waals surface area contributed by atoms with Crippen molar-refractivity contribution in [1.82, 2.24) is 0 Å². The first-order valence-electron chi connectivity index (χ1n) is 9.57. The van der Waals surface area contributed by atoms with Crippen LogP contribution < -0.4 is 11.1 Å². The lowest BCUT2D eigenvalue weighted by molar-refractivity contribution is -0.475. The number of rotatable bonds is 4. The number of nitrogens with one attached hydrogen (secondary N) is 1.